The maximum absolute atomic E-state index is 14.5. The van der Waals surface area contributed by atoms with Gasteiger partial charge in [-0.25, -0.2) is 4.39 Å². The molecule has 8 nitrogen and oxygen atoms in total. The first-order valence-corrected chi connectivity index (χ1v) is 14.8. The van der Waals surface area contributed by atoms with Crippen molar-refractivity contribution in [2.75, 3.05) is 27.3 Å². The fraction of sp³-hybridized carbons (Fsp3) is 0.917. The molecule has 0 aliphatic heterocycles. The van der Waals surface area contributed by atoms with Gasteiger partial charge in [-0.15, -0.1) is 15.6 Å². The van der Waals surface area contributed by atoms with Crippen molar-refractivity contribution in [1.29, 1.82) is 0 Å². The molecule has 3 fully saturated rings. The van der Waals surface area contributed by atoms with E-state index >= 15 is 0 Å². The summed E-state index contributed by atoms with van der Waals surface area (Å²) in [5.74, 6) is -1.35. The van der Waals surface area contributed by atoms with E-state index in [-0.39, 0.29) is 30.5 Å². The molecular weight excluding hydrogens is 497 g/mol. The van der Waals surface area contributed by atoms with Gasteiger partial charge in [-0.2, -0.15) is 8.42 Å². The summed E-state index contributed by atoms with van der Waals surface area (Å²) in [4.78, 5) is 12.9. The van der Waals surface area contributed by atoms with Crippen LogP contribution in [0.4, 0.5) is 4.39 Å². The van der Waals surface area contributed by atoms with Gasteiger partial charge in [0.15, 0.2) is 12.3 Å². The number of hydrogen-bond acceptors (Lipinski definition) is 6. The van der Waals surface area contributed by atoms with Crippen molar-refractivity contribution in [3.63, 3.8) is 0 Å². The minimum Gasteiger partial charge on any atom is -0.381 e. The van der Waals surface area contributed by atoms with Gasteiger partial charge >= 0.3 is 10.0 Å². The molecule has 0 heterocycles. The summed E-state index contributed by atoms with van der Waals surface area (Å²) in [5, 5.41) is 1.78. The highest BCUT2D eigenvalue weighted by molar-refractivity contribution is 7.86. The summed E-state index contributed by atoms with van der Waals surface area (Å²) in [6.45, 7) is 2.41. The quantitative estimate of drug-likeness (QED) is 0.362. The van der Waals surface area contributed by atoms with Crippen LogP contribution in [-0.4, -0.2) is 86.4 Å². The Hall–Kier alpha value is -0.810. The summed E-state index contributed by atoms with van der Waals surface area (Å²) in [6.07, 6.45) is 3.19. The Kier molecular flexibility index (Phi) is 10.4. The van der Waals surface area contributed by atoms with Crippen molar-refractivity contribution in [1.82, 2.24) is 5.32 Å². The van der Waals surface area contributed by atoms with Crippen molar-refractivity contribution in [3.05, 3.63) is 0 Å². The Balaban J connectivity index is 1.84. The average Bonchev–Trinajstić information content (AvgIpc) is 2.84. The van der Waals surface area contributed by atoms with E-state index in [0.717, 1.165) is 5.71 Å². The maximum atomic E-state index is 14.5. The van der Waals surface area contributed by atoms with Gasteiger partial charge in [0.2, 0.25) is 5.91 Å². The predicted molar refractivity (Wildman–Crippen MR) is 134 cm³/mol. The SMILES string of the molecule is CC[N+](=C1CC(NC(=O)C2C(F)CCCC2Cl)CCC1CN)S(=O)(=O)C1CCC(OC)CC1OC. The molecule has 0 spiro atoms. The lowest BCUT2D eigenvalue weighted by molar-refractivity contribution is -0.368. The zero-order valence-corrected chi connectivity index (χ0v) is 22.7. The van der Waals surface area contributed by atoms with Gasteiger partial charge in [0.25, 0.3) is 0 Å². The van der Waals surface area contributed by atoms with Gasteiger partial charge in [0.05, 0.1) is 24.0 Å². The second-order valence-electron chi connectivity index (χ2n) is 10.1. The van der Waals surface area contributed by atoms with Crippen molar-refractivity contribution >= 4 is 33.2 Å². The molecule has 3 rings (SSSR count). The molecule has 1 amide bonds. The molecule has 0 aromatic rings. The van der Waals surface area contributed by atoms with Crippen molar-refractivity contribution in [2.24, 2.45) is 17.6 Å². The zero-order valence-electron chi connectivity index (χ0n) is 21.1. The number of carbonyl (C=O) groups excluding carboxylic acids is 1. The second kappa shape index (κ2) is 12.6. The lowest BCUT2D eigenvalue weighted by atomic mass is 9.82. The number of nitrogens with zero attached hydrogens (tertiary/aromatic N) is 1. The van der Waals surface area contributed by atoms with Crippen LogP contribution in [0.3, 0.4) is 0 Å². The van der Waals surface area contributed by atoms with E-state index < -0.39 is 38.8 Å². The topological polar surface area (TPSA) is 111 Å². The number of amides is 1. The van der Waals surface area contributed by atoms with Crippen LogP contribution in [0.15, 0.2) is 0 Å². The highest BCUT2D eigenvalue weighted by Crippen LogP contribution is 2.33. The van der Waals surface area contributed by atoms with Crippen LogP contribution < -0.4 is 11.1 Å². The molecule has 3 aliphatic rings. The molecule has 0 radical (unpaired) electrons. The molecule has 8 atom stereocenters. The number of alkyl halides is 2. The molecule has 35 heavy (non-hydrogen) atoms. The molecular formula is C24H42ClFN3O5S+. The highest BCUT2D eigenvalue weighted by Gasteiger charge is 2.48. The van der Waals surface area contributed by atoms with E-state index in [0.29, 0.717) is 64.3 Å². The normalized spacial score (nSPS) is 38.1. The van der Waals surface area contributed by atoms with Gasteiger partial charge in [-0.3, -0.25) is 4.79 Å². The highest BCUT2D eigenvalue weighted by atomic mass is 35.5. The Morgan fingerprint density at radius 2 is 1.91 bits per heavy atom. The van der Waals surface area contributed by atoms with Crippen molar-refractivity contribution in [3.8, 4) is 0 Å². The fourth-order valence-corrected chi connectivity index (χ4v) is 8.77. The van der Waals surface area contributed by atoms with Crippen LogP contribution in [0.2, 0.25) is 0 Å². The molecule has 0 aromatic heterocycles. The van der Waals surface area contributed by atoms with Crippen molar-refractivity contribution in [2.45, 2.75) is 99.8 Å². The number of rotatable bonds is 8. The van der Waals surface area contributed by atoms with Crippen LogP contribution >= 0.6 is 11.6 Å². The van der Waals surface area contributed by atoms with Gasteiger partial charge < -0.3 is 20.5 Å². The van der Waals surface area contributed by atoms with E-state index in [1.807, 2.05) is 6.92 Å². The third-order valence-corrected chi connectivity index (χ3v) is 11.0. The molecule has 3 saturated carbocycles. The van der Waals surface area contributed by atoms with E-state index in [4.69, 9.17) is 26.8 Å². The molecule has 8 unspecified atom stereocenters. The molecule has 3 N–H and O–H groups in total. The maximum Gasteiger partial charge on any atom is 0.369 e. The van der Waals surface area contributed by atoms with Crippen LogP contribution in [0.5, 0.6) is 0 Å². The van der Waals surface area contributed by atoms with Crippen LogP contribution in [0, 0.1) is 11.8 Å². The first-order valence-electron chi connectivity index (χ1n) is 12.9. The summed E-state index contributed by atoms with van der Waals surface area (Å²) in [6, 6.07) is -0.287. The predicted octanol–water partition coefficient (Wildman–Crippen LogP) is 2.36. The number of halogens is 2. The first-order chi connectivity index (χ1) is 16.7. The van der Waals surface area contributed by atoms with Crippen molar-refractivity contribution < 1.29 is 31.1 Å². The Labute approximate surface area is 214 Å². The number of methoxy groups -OCH3 is 2. The minimum atomic E-state index is -3.73. The van der Waals surface area contributed by atoms with Gasteiger partial charge in [-0.05, 0) is 51.9 Å². The molecule has 0 saturated heterocycles. The summed E-state index contributed by atoms with van der Waals surface area (Å²) >= 11 is 6.30. The Bertz CT molecular complexity index is 863. The molecule has 0 aromatic carbocycles. The number of ether oxygens (including phenoxy) is 2. The Morgan fingerprint density at radius 1 is 1.17 bits per heavy atom. The number of hydrogen-bond donors (Lipinski definition) is 2. The number of sulfonamides is 1. The largest absolute Gasteiger partial charge is 0.381 e. The monoisotopic (exact) mass is 538 g/mol. The van der Waals surface area contributed by atoms with E-state index in [1.54, 1.807) is 7.11 Å². The van der Waals surface area contributed by atoms with E-state index in [9.17, 15) is 17.6 Å². The van der Waals surface area contributed by atoms with Crippen LogP contribution in [0.1, 0.15) is 64.7 Å². The smallest absolute Gasteiger partial charge is 0.369 e. The number of carbonyl (C=O) groups is 1. The summed E-state index contributed by atoms with van der Waals surface area (Å²) < 4.78 is 54.8. The standard InChI is InChI=1S/C24H41ClFN3O5S/c1-4-29(35(31,32)22-11-10-17(33-2)13-21(22)34-3)20-12-16(9-8-15(20)14-27)28-24(30)23-18(25)6-5-7-19(23)26/h15-19,21-23H,4-14,27H2,1-3H3/p+1. The summed E-state index contributed by atoms with van der Waals surface area (Å²) in [5.41, 5.74) is 6.78. The fourth-order valence-electron chi connectivity index (χ4n) is 6.07. The number of nitrogens with one attached hydrogen (secondary N) is 1. The lowest BCUT2D eigenvalue weighted by Crippen LogP contribution is -2.52. The third kappa shape index (κ3) is 6.37. The van der Waals surface area contributed by atoms with Gasteiger partial charge in [0.1, 0.15) is 11.4 Å². The average molecular weight is 539 g/mol. The minimum absolute atomic E-state index is 0.0231. The first kappa shape index (κ1) is 28.8. The third-order valence-electron chi connectivity index (χ3n) is 8.08. The molecule has 3 aliphatic carbocycles. The van der Waals surface area contributed by atoms with E-state index in [1.165, 1.54) is 11.1 Å². The second-order valence-corrected chi connectivity index (χ2v) is 12.7. The van der Waals surface area contributed by atoms with Gasteiger partial charge in [0, 0.05) is 45.0 Å². The molecule has 0 bridgehead atoms. The molecule has 202 valence electrons. The number of nitrogens with two attached hydrogens (primary N) is 1. The van der Waals surface area contributed by atoms with E-state index in [2.05, 4.69) is 5.32 Å². The Morgan fingerprint density at radius 3 is 2.51 bits per heavy atom. The van der Waals surface area contributed by atoms with Gasteiger partial charge in [-0.1, -0.05) is 0 Å². The molecule has 11 heteroatoms. The van der Waals surface area contributed by atoms with Crippen LogP contribution in [-0.2, 0) is 24.3 Å². The zero-order chi connectivity index (χ0) is 25.8. The van der Waals surface area contributed by atoms with Crippen LogP contribution in [0.25, 0.3) is 0 Å². The lowest BCUT2D eigenvalue weighted by Gasteiger charge is -2.34. The summed E-state index contributed by atoms with van der Waals surface area (Å²) in [7, 11) is -0.562.